The molecule has 0 N–H and O–H groups in total. The lowest BCUT2D eigenvalue weighted by Gasteiger charge is -2.18. The first-order valence-electron chi connectivity index (χ1n) is 13.4. The molecule has 0 aliphatic carbocycles. The second-order valence-electron chi connectivity index (χ2n) is 10.1. The summed E-state index contributed by atoms with van der Waals surface area (Å²) in [5.41, 5.74) is 7.50. The third-order valence-electron chi connectivity index (χ3n) is 6.38. The highest BCUT2D eigenvalue weighted by molar-refractivity contribution is 5.98. The monoisotopic (exact) mass is 500 g/mol. The summed E-state index contributed by atoms with van der Waals surface area (Å²) in [6.45, 7) is 7.86. The quantitative estimate of drug-likeness (QED) is 0.175. The van der Waals surface area contributed by atoms with Crippen LogP contribution in [-0.2, 0) is 0 Å². The fourth-order valence-corrected chi connectivity index (χ4v) is 4.37. The van der Waals surface area contributed by atoms with Gasteiger partial charge in [-0.05, 0) is 106 Å². The first-order valence-corrected chi connectivity index (χ1v) is 13.4. The molecule has 0 saturated heterocycles. The van der Waals surface area contributed by atoms with E-state index >= 15 is 0 Å². The van der Waals surface area contributed by atoms with Crippen molar-refractivity contribution in [1.82, 2.24) is 9.80 Å². The molecule has 0 aliphatic heterocycles. The van der Waals surface area contributed by atoms with E-state index in [0.717, 1.165) is 57.1 Å². The lowest BCUT2D eigenvalue weighted by atomic mass is 9.88. The summed E-state index contributed by atoms with van der Waals surface area (Å²) in [5.74, 6) is 1.83. The molecule has 0 spiro atoms. The molecule has 0 saturated carbocycles. The third-order valence-corrected chi connectivity index (χ3v) is 6.38. The maximum absolute atomic E-state index is 6.00. The second kappa shape index (κ2) is 14.6. The van der Waals surface area contributed by atoms with Crippen LogP contribution in [0.15, 0.2) is 72.8 Å². The van der Waals surface area contributed by atoms with Gasteiger partial charge in [-0.2, -0.15) is 0 Å². The van der Waals surface area contributed by atoms with Crippen LogP contribution in [-0.4, -0.2) is 64.3 Å². The summed E-state index contributed by atoms with van der Waals surface area (Å²) >= 11 is 0. The number of hydrogen-bond acceptors (Lipinski definition) is 4. The Morgan fingerprint density at radius 2 is 1.00 bits per heavy atom. The standard InChI is InChI=1S/C33H44N2O2/c1-7-32(27-12-10-26(2)11-13-27)33(28-14-18-30(19-15-28)36-24-8-22-34(3)4)29-16-20-31(21-17-29)37-25-9-23-35(5)6/h10-21H,7-9,22-25H2,1-6H3. The van der Waals surface area contributed by atoms with Crippen molar-refractivity contribution in [3.63, 3.8) is 0 Å². The summed E-state index contributed by atoms with van der Waals surface area (Å²) in [5, 5.41) is 0. The van der Waals surface area contributed by atoms with E-state index in [-0.39, 0.29) is 0 Å². The Hall–Kier alpha value is -3.08. The van der Waals surface area contributed by atoms with Crippen molar-refractivity contribution in [3.05, 3.63) is 95.1 Å². The molecule has 0 unspecified atom stereocenters. The van der Waals surface area contributed by atoms with Gasteiger partial charge < -0.3 is 19.3 Å². The summed E-state index contributed by atoms with van der Waals surface area (Å²) in [6, 6.07) is 26.0. The van der Waals surface area contributed by atoms with Crippen LogP contribution in [0.1, 0.15) is 48.4 Å². The Morgan fingerprint density at radius 3 is 1.38 bits per heavy atom. The average Bonchev–Trinajstić information content (AvgIpc) is 2.89. The normalized spacial score (nSPS) is 11.1. The molecule has 0 bridgehead atoms. The van der Waals surface area contributed by atoms with Crippen molar-refractivity contribution >= 4 is 11.1 Å². The van der Waals surface area contributed by atoms with Gasteiger partial charge >= 0.3 is 0 Å². The molecular weight excluding hydrogens is 456 g/mol. The maximum atomic E-state index is 6.00. The summed E-state index contributed by atoms with van der Waals surface area (Å²) in [7, 11) is 8.36. The molecular formula is C33H44N2O2. The van der Waals surface area contributed by atoms with Crippen LogP contribution < -0.4 is 9.47 Å². The predicted molar refractivity (Wildman–Crippen MR) is 158 cm³/mol. The van der Waals surface area contributed by atoms with Gasteiger partial charge in [0.15, 0.2) is 0 Å². The third kappa shape index (κ3) is 9.07. The average molecular weight is 501 g/mol. The lowest BCUT2D eigenvalue weighted by Crippen LogP contribution is -2.15. The lowest BCUT2D eigenvalue weighted by molar-refractivity contribution is 0.281. The molecule has 3 rings (SSSR count). The largest absolute Gasteiger partial charge is 0.494 e. The zero-order valence-corrected chi connectivity index (χ0v) is 23.6. The number of allylic oxidation sites excluding steroid dienone is 1. The predicted octanol–water partition coefficient (Wildman–Crippen LogP) is 7.03. The van der Waals surface area contributed by atoms with Crippen molar-refractivity contribution in [2.45, 2.75) is 33.1 Å². The molecule has 0 aromatic heterocycles. The molecule has 3 aromatic rings. The highest BCUT2D eigenvalue weighted by Gasteiger charge is 2.14. The van der Waals surface area contributed by atoms with Crippen LogP contribution in [0.4, 0.5) is 0 Å². The SMILES string of the molecule is CCC(=C(c1ccc(OCCCN(C)C)cc1)c1ccc(OCCCN(C)C)cc1)c1ccc(C)cc1. The van der Waals surface area contributed by atoms with Gasteiger partial charge in [0, 0.05) is 13.1 Å². The van der Waals surface area contributed by atoms with Crippen LogP contribution in [0.25, 0.3) is 11.1 Å². The zero-order chi connectivity index (χ0) is 26.6. The van der Waals surface area contributed by atoms with Crippen LogP contribution in [0.5, 0.6) is 11.5 Å². The minimum absolute atomic E-state index is 0.722. The molecule has 0 aliphatic rings. The zero-order valence-electron chi connectivity index (χ0n) is 23.6. The summed E-state index contributed by atoms with van der Waals surface area (Å²) in [4.78, 5) is 4.36. The van der Waals surface area contributed by atoms with Gasteiger partial charge in [-0.15, -0.1) is 0 Å². The molecule has 4 heteroatoms. The smallest absolute Gasteiger partial charge is 0.119 e. The van der Waals surface area contributed by atoms with Gasteiger partial charge in [0.1, 0.15) is 11.5 Å². The topological polar surface area (TPSA) is 24.9 Å². The van der Waals surface area contributed by atoms with E-state index in [1.54, 1.807) is 0 Å². The highest BCUT2D eigenvalue weighted by Crippen LogP contribution is 2.35. The molecule has 0 fully saturated rings. The Balaban J connectivity index is 1.88. The highest BCUT2D eigenvalue weighted by atomic mass is 16.5. The van der Waals surface area contributed by atoms with Crippen molar-refractivity contribution in [3.8, 4) is 11.5 Å². The van der Waals surface area contributed by atoms with E-state index in [9.17, 15) is 0 Å². The first kappa shape index (κ1) is 28.5. The molecule has 0 radical (unpaired) electrons. The Kier molecular flexibility index (Phi) is 11.2. The number of ether oxygens (including phenoxy) is 2. The number of rotatable bonds is 14. The second-order valence-corrected chi connectivity index (χ2v) is 10.1. The summed E-state index contributed by atoms with van der Waals surface area (Å²) < 4.78 is 12.0. The number of aryl methyl sites for hydroxylation is 1. The van der Waals surface area contributed by atoms with E-state index < -0.39 is 0 Å². The number of nitrogens with zero attached hydrogens (tertiary/aromatic N) is 2. The molecule has 0 amide bonds. The molecule has 198 valence electrons. The minimum atomic E-state index is 0.722. The minimum Gasteiger partial charge on any atom is -0.494 e. The molecule has 37 heavy (non-hydrogen) atoms. The van der Waals surface area contributed by atoms with E-state index in [1.807, 2.05) is 0 Å². The fourth-order valence-electron chi connectivity index (χ4n) is 4.37. The van der Waals surface area contributed by atoms with E-state index in [4.69, 9.17) is 9.47 Å². The van der Waals surface area contributed by atoms with Gasteiger partial charge in [-0.3, -0.25) is 0 Å². The van der Waals surface area contributed by atoms with Crippen LogP contribution in [0, 0.1) is 6.92 Å². The van der Waals surface area contributed by atoms with Gasteiger partial charge in [-0.25, -0.2) is 0 Å². The van der Waals surface area contributed by atoms with Gasteiger partial charge in [0.05, 0.1) is 13.2 Å². The van der Waals surface area contributed by atoms with Crippen LogP contribution in [0.2, 0.25) is 0 Å². The van der Waals surface area contributed by atoms with Gasteiger partial charge in [0.2, 0.25) is 0 Å². The molecule has 0 atom stereocenters. The maximum Gasteiger partial charge on any atom is 0.119 e. The fraction of sp³-hybridized carbons (Fsp3) is 0.394. The first-order chi connectivity index (χ1) is 17.9. The van der Waals surface area contributed by atoms with E-state index in [1.165, 1.54) is 33.4 Å². The molecule has 4 nitrogen and oxygen atoms in total. The van der Waals surface area contributed by atoms with E-state index in [2.05, 4.69) is 125 Å². The van der Waals surface area contributed by atoms with Crippen LogP contribution in [0.3, 0.4) is 0 Å². The Bertz CT molecular complexity index is 1040. The Labute approximate surface area is 224 Å². The van der Waals surface area contributed by atoms with Crippen molar-refractivity contribution < 1.29 is 9.47 Å². The number of hydrogen-bond donors (Lipinski definition) is 0. The molecule has 0 heterocycles. The van der Waals surface area contributed by atoms with Crippen LogP contribution >= 0.6 is 0 Å². The summed E-state index contributed by atoms with van der Waals surface area (Å²) in [6.07, 6.45) is 2.96. The Morgan fingerprint density at radius 1 is 0.595 bits per heavy atom. The van der Waals surface area contributed by atoms with E-state index in [0.29, 0.717) is 0 Å². The van der Waals surface area contributed by atoms with Crippen molar-refractivity contribution in [2.75, 3.05) is 54.5 Å². The van der Waals surface area contributed by atoms with Gasteiger partial charge in [-0.1, -0.05) is 61.0 Å². The number of benzene rings is 3. The molecule has 3 aromatic carbocycles. The van der Waals surface area contributed by atoms with Crippen molar-refractivity contribution in [1.29, 1.82) is 0 Å². The van der Waals surface area contributed by atoms with Gasteiger partial charge in [0.25, 0.3) is 0 Å². The van der Waals surface area contributed by atoms with Crippen molar-refractivity contribution in [2.24, 2.45) is 0 Å².